The summed E-state index contributed by atoms with van der Waals surface area (Å²) in [7, 11) is 0. The molecule has 2 fully saturated rings. The van der Waals surface area contributed by atoms with Crippen molar-refractivity contribution < 1.29 is 14.3 Å². The summed E-state index contributed by atoms with van der Waals surface area (Å²) >= 11 is 0. The summed E-state index contributed by atoms with van der Waals surface area (Å²) in [5.41, 5.74) is 2.51. The van der Waals surface area contributed by atoms with Gasteiger partial charge in [-0.05, 0) is 49.9 Å². The van der Waals surface area contributed by atoms with Gasteiger partial charge in [0, 0.05) is 17.9 Å². The van der Waals surface area contributed by atoms with E-state index >= 15 is 0 Å². The minimum absolute atomic E-state index is 0.0467. The number of rotatable bonds is 1. The quantitative estimate of drug-likeness (QED) is 0.862. The summed E-state index contributed by atoms with van der Waals surface area (Å²) in [6.07, 6.45) is 1.18. The minimum Gasteiger partial charge on any atom is -0.394 e. The number of hydrogen-bond donors (Lipinski definition) is 1. The van der Waals surface area contributed by atoms with Crippen LogP contribution in [0.4, 0.5) is 4.39 Å². The van der Waals surface area contributed by atoms with Crippen molar-refractivity contribution in [2.75, 3.05) is 6.61 Å². The number of amides is 1. The van der Waals surface area contributed by atoms with E-state index in [1.54, 1.807) is 18.0 Å². The largest absolute Gasteiger partial charge is 0.394 e. The predicted molar refractivity (Wildman–Crippen MR) is 79.3 cm³/mol. The molecule has 3 atom stereocenters. The Hall–Kier alpha value is -1.46. The van der Waals surface area contributed by atoms with Gasteiger partial charge in [-0.2, -0.15) is 0 Å². The fraction of sp³-hybridized carbons (Fsp3) is 0.588. The number of aliphatic hydroxyl groups excluding tert-OH is 1. The van der Waals surface area contributed by atoms with Crippen molar-refractivity contribution in [3.05, 3.63) is 34.6 Å². The smallest absolute Gasteiger partial charge is 0.239 e. The van der Waals surface area contributed by atoms with E-state index in [1.807, 2.05) is 6.07 Å². The first-order chi connectivity index (χ1) is 10.3. The topological polar surface area (TPSA) is 43.8 Å². The molecule has 4 nitrogen and oxygen atoms in total. The number of halogens is 1. The molecule has 3 aliphatic rings. The minimum atomic E-state index is -0.270. The molecule has 118 valence electrons. The van der Waals surface area contributed by atoms with Crippen LogP contribution in [0, 0.1) is 18.7 Å². The van der Waals surface area contributed by atoms with Gasteiger partial charge in [0.1, 0.15) is 5.82 Å². The van der Waals surface area contributed by atoms with Crippen LogP contribution in [-0.2, 0) is 11.2 Å². The summed E-state index contributed by atoms with van der Waals surface area (Å²) in [4.78, 5) is 12.4. The number of fused-ring (bicyclic) bond motifs is 5. The lowest BCUT2D eigenvalue weighted by atomic mass is 9.90. The predicted octanol–water partition coefficient (Wildman–Crippen LogP) is 1.95. The van der Waals surface area contributed by atoms with Crippen LogP contribution in [0.15, 0.2) is 12.1 Å². The molecular weight excluding hydrogens is 283 g/mol. The lowest BCUT2D eigenvalue weighted by Gasteiger charge is -2.36. The first kappa shape index (κ1) is 14.2. The summed E-state index contributed by atoms with van der Waals surface area (Å²) in [5.74, 6) is 0.0523. The van der Waals surface area contributed by atoms with Crippen LogP contribution in [0.3, 0.4) is 0 Å². The first-order valence-corrected chi connectivity index (χ1v) is 7.86. The normalized spacial score (nSPS) is 32.3. The van der Waals surface area contributed by atoms with E-state index in [0.717, 1.165) is 17.5 Å². The van der Waals surface area contributed by atoms with Crippen LogP contribution in [0.1, 0.15) is 43.0 Å². The second-order valence-electron chi connectivity index (χ2n) is 7.44. The maximum atomic E-state index is 13.9. The van der Waals surface area contributed by atoms with Gasteiger partial charge in [-0.1, -0.05) is 6.07 Å². The Morgan fingerprint density at radius 2 is 2.14 bits per heavy atom. The van der Waals surface area contributed by atoms with Gasteiger partial charge in [-0.25, -0.2) is 9.40 Å². The standard InChI is InChI=1S/C17H21FN2O2/c1-9-4-11-10(6-13(9)18)5-12-14(8-21)19-15(22)7-17(2,3)20(19)16(11)12/h4,6,12,14,16,21H,5,7-8H2,1-3H3. The van der Waals surface area contributed by atoms with Crippen LogP contribution in [0.25, 0.3) is 0 Å². The highest BCUT2D eigenvalue weighted by molar-refractivity contribution is 5.80. The number of carbonyl (C=O) groups is 1. The van der Waals surface area contributed by atoms with E-state index in [4.69, 9.17) is 0 Å². The summed E-state index contributed by atoms with van der Waals surface area (Å²) in [6, 6.07) is 3.42. The Kier molecular flexibility index (Phi) is 2.76. The van der Waals surface area contributed by atoms with Crippen LogP contribution in [-0.4, -0.2) is 39.2 Å². The van der Waals surface area contributed by atoms with E-state index < -0.39 is 0 Å². The molecule has 0 bridgehead atoms. The highest BCUT2D eigenvalue weighted by atomic mass is 19.1. The van der Waals surface area contributed by atoms with Crippen molar-refractivity contribution in [1.82, 2.24) is 10.0 Å². The molecule has 0 spiro atoms. The van der Waals surface area contributed by atoms with Crippen molar-refractivity contribution >= 4 is 5.91 Å². The second-order valence-corrected chi connectivity index (χ2v) is 7.44. The van der Waals surface area contributed by atoms with Gasteiger partial charge in [0.2, 0.25) is 5.91 Å². The van der Waals surface area contributed by atoms with E-state index in [0.29, 0.717) is 12.0 Å². The van der Waals surface area contributed by atoms with Crippen molar-refractivity contribution in [2.45, 2.75) is 51.2 Å². The average Bonchev–Trinajstić information content (AvgIpc) is 2.99. The van der Waals surface area contributed by atoms with Gasteiger partial charge in [0.25, 0.3) is 0 Å². The third kappa shape index (κ3) is 1.61. The van der Waals surface area contributed by atoms with Crippen LogP contribution in [0.2, 0.25) is 0 Å². The first-order valence-electron chi connectivity index (χ1n) is 7.86. The number of hydrogen-bond acceptors (Lipinski definition) is 3. The van der Waals surface area contributed by atoms with Crippen molar-refractivity contribution in [3.8, 4) is 0 Å². The van der Waals surface area contributed by atoms with Gasteiger partial charge in [0.05, 0.1) is 18.7 Å². The highest BCUT2D eigenvalue weighted by Crippen LogP contribution is 2.55. The Morgan fingerprint density at radius 3 is 2.82 bits per heavy atom. The molecule has 3 unspecified atom stereocenters. The Bertz CT molecular complexity index is 673. The lowest BCUT2D eigenvalue weighted by Crippen LogP contribution is -2.46. The van der Waals surface area contributed by atoms with E-state index in [2.05, 4.69) is 18.9 Å². The molecule has 1 aromatic rings. The number of carbonyl (C=O) groups excluding carboxylic acids is 1. The number of benzene rings is 1. The molecule has 1 amide bonds. The molecule has 4 rings (SSSR count). The third-order valence-corrected chi connectivity index (χ3v) is 5.55. The van der Waals surface area contributed by atoms with E-state index in [1.165, 1.54) is 0 Å². The molecule has 0 radical (unpaired) electrons. The zero-order valence-corrected chi connectivity index (χ0v) is 13.1. The van der Waals surface area contributed by atoms with Crippen molar-refractivity contribution in [3.63, 3.8) is 0 Å². The molecular formula is C17H21FN2O2. The summed E-state index contributed by atoms with van der Waals surface area (Å²) in [5, 5.41) is 13.8. The molecule has 2 saturated heterocycles. The molecule has 0 aromatic heterocycles. The third-order valence-electron chi connectivity index (χ3n) is 5.55. The van der Waals surface area contributed by atoms with E-state index in [-0.39, 0.29) is 41.9 Å². The van der Waals surface area contributed by atoms with Gasteiger partial charge >= 0.3 is 0 Å². The number of nitrogens with zero attached hydrogens (tertiary/aromatic N) is 2. The number of aryl methyl sites for hydroxylation is 1. The average molecular weight is 304 g/mol. The van der Waals surface area contributed by atoms with Crippen molar-refractivity contribution in [1.29, 1.82) is 0 Å². The molecule has 5 heteroatoms. The Labute approximate surface area is 129 Å². The lowest BCUT2D eigenvalue weighted by molar-refractivity contribution is -0.142. The summed E-state index contributed by atoms with van der Waals surface area (Å²) in [6.45, 7) is 5.86. The molecule has 1 aromatic carbocycles. The molecule has 22 heavy (non-hydrogen) atoms. The maximum Gasteiger partial charge on any atom is 0.239 e. The SMILES string of the molecule is Cc1cc2c(cc1F)CC1C(CO)N3C(=O)CC(C)(C)N3C21. The monoisotopic (exact) mass is 304 g/mol. The Morgan fingerprint density at radius 1 is 1.41 bits per heavy atom. The number of aliphatic hydroxyl groups is 1. The molecule has 0 saturated carbocycles. The number of hydrazine groups is 1. The van der Waals surface area contributed by atoms with Crippen LogP contribution >= 0.6 is 0 Å². The van der Waals surface area contributed by atoms with Crippen LogP contribution in [0.5, 0.6) is 0 Å². The zero-order chi connectivity index (χ0) is 15.8. The fourth-order valence-electron chi connectivity index (χ4n) is 4.65. The fourth-order valence-corrected chi connectivity index (χ4v) is 4.65. The van der Waals surface area contributed by atoms with E-state index in [9.17, 15) is 14.3 Å². The molecule has 1 aliphatic carbocycles. The van der Waals surface area contributed by atoms with Gasteiger partial charge < -0.3 is 5.11 Å². The second kappa shape index (κ2) is 4.30. The Balaban J connectivity index is 1.87. The van der Waals surface area contributed by atoms with Gasteiger partial charge in [0.15, 0.2) is 0 Å². The van der Waals surface area contributed by atoms with Gasteiger partial charge in [-0.15, -0.1) is 0 Å². The van der Waals surface area contributed by atoms with Gasteiger partial charge in [-0.3, -0.25) is 9.80 Å². The molecule has 2 aliphatic heterocycles. The van der Waals surface area contributed by atoms with Crippen molar-refractivity contribution in [2.24, 2.45) is 5.92 Å². The summed E-state index contributed by atoms with van der Waals surface area (Å²) < 4.78 is 13.9. The molecule has 2 heterocycles. The molecule has 1 N–H and O–H groups in total. The highest BCUT2D eigenvalue weighted by Gasteiger charge is 2.61. The van der Waals surface area contributed by atoms with Crippen LogP contribution < -0.4 is 0 Å². The zero-order valence-electron chi connectivity index (χ0n) is 13.1. The maximum absolute atomic E-state index is 13.9.